The molecule has 0 fully saturated rings. The molecule has 0 saturated carbocycles. The van der Waals surface area contributed by atoms with Gasteiger partial charge in [-0.2, -0.15) is 0 Å². The third-order valence-corrected chi connectivity index (χ3v) is 3.69. The summed E-state index contributed by atoms with van der Waals surface area (Å²) in [5.41, 5.74) is 9.11. The molecule has 0 saturated heterocycles. The summed E-state index contributed by atoms with van der Waals surface area (Å²) in [6.45, 7) is 2.69. The molecule has 0 amide bonds. The second-order valence-electron chi connectivity index (χ2n) is 5.60. The van der Waals surface area contributed by atoms with Crippen LogP contribution in [0.4, 0.5) is 5.69 Å². The normalized spacial score (nSPS) is 11.2. The summed E-state index contributed by atoms with van der Waals surface area (Å²) < 4.78 is 10.8. The van der Waals surface area contributed by atoms with Gasteiger partial charge in [0.25, 0.3) is 0 Å². The Morgan fingerprint density at radius 3 is 2.68 bits per heavy atom. The predicted octanol–water partition coefficient (Wildman–Crippen LogP) is 4.19. The number of benzene rings is 2. The average molecular weight is 341 g/mol. The largest absolute Gasteiger partial charge is 0.493 e. The van der Waals surface area contributed by atoms with Crippen LogP contribution in [0.5, 0.6) is 5.75 Å². The standard InChI is InChI=1S/C20H23NO4/c1-3-4-10-25-18-11-14(12-19(24-2)20(22)23)8-9-17(18)15-6-5-7-16(21)13-15/h5-9,11-13H,3-4,10,21H2,1-2H3,(H,22,23)/b19-12-. The summed E-state index contributed by atoms with van der Waals surface area (Å²) in [5, 5.41) is 9.10. The zero-order valence-electron chi connectivity index (χ0n) is 14.5. The first-order chi connectivity index (χ1) is 12.0. The third-order valence-electron chi connectivity index (χ3n) is 3.69. The molecule has 2 aromatic carbocycles. The zero-order valence-corrected chi connectivity index (χ0v) is 14.5. The number of anilines is 1. The number of aliphatic carboxylic acids is 1. The van der Waals surface area contributed by atoms with Crippen LogP contribution in [0.15, 0.2) is 48.2 Å². The van der Waals surface area contributed by atoms with Crippen molar-refractivity contribution in [2.45, 2.75) is 19.8 Å². The molecule has 0 radical (unpaired) electrons. The number of hydrogen-bond donors (Lipinski definition) is 2. The highest BCUT2D eigenvalue weighted by Gasteiger charge is 2.11. The van der Waals surface area contributed by atoms with Crippen molar-refractivity contribution in [3.8, 4) is 16.9 Å². The lowest BCUT2D eigenvalue weighted by molar-refractivity contribution is -0.135. The molecule has 2 aromatic rings. The first-order valence-electron chi connectivity index (χ1n) is 8.17. The molecule has 0 atom stereocenters. The van der Waals surface area contributed by atoms with E-state index in [-0.39, 0.29) is 5.76 Å². The number of nitrogen functional groups attached to an aromatic ring is 1. The maximum atomic E-state index is 11.1. The second-order valence-corrected chi connectivity index (χ2v) is 5.60. The van der Waals surface area contributed by atoms with Gasteiger partial charge in [0.2, 0.25) is 5.76 Å². The molecule has 0 spiro atoms. The highest BCUT2D eigenvalue weighted by atomic mass is 16.5. The quantitative estimate of drug-likeness (QED) is 0.326. The van der Waals surface area contributed by atoms with E-state index in [0.29, 0.717) is 23.6 Å². The summed E-state index contributed by atoms with van der Waals surface area (Å²) in [4.78, 5) is 11.1. The number of carbonyl (C=O) groups is 1. The highest BCUT2D eigenvalue weighted by Crippen LogP contribution is 2.33. The third kappa shape index (κ3) is 5.01. The lowest BCUT2D eigenvalue weighted by atomic mass is 10.0. The van der Waals surface area contributed by atoms with E-state index in [2.05, 4.69) is 6.92 Å². The molecule has 2 rings (SSSR count). The Hall–Kier alpha value is -2.95. The van der Waals surface area contributed by atoms with E-state index < -0.39 is 5.97 Å². The Morgan fingerprint density at radius 1 is 1.24 bits per heavy atom. The molecule has 0 heterocycles. The van der Waals surface area contributed by atoms with Crippen molar-refractivity contribution in [3.63, 3.8) is 0 Å². The SMILES string of the molecule is CCCCOc1cc(/C=C(\OC)C(=O)O)ccc1-c1cccc(N)c1. The minimum absolute atomic E-state index is 0.129. The minimum Gasteiger partial charge on any atom is -0.493 e. The van der Waals surface area contributed by atoms with Crippen molar-refractivity contribution >= 4 is 17.7 Å². The molecule has 0 bridgehead atoms. The molecular formula is C20H23NO4. The molecule has 5 nitrogen and oxygen atoms in total. The van der Waals surface area contributed by atoms with Crippen molar-refractivity contribution in [1.82, 2.24) is 0 Å². The number of carboxylic acids is 1. The summed E-state index contributed by atoms with van der Waals surface area (Å²) in [5.74, 6) is -0.555. The summed E-state index contributed by atoms with van der Waals surface area (Å²) in [6, 6.07) is 13.1. The van der Waals surface area contributed by atoms with Gasteiger partial charge in [-0.3, -0.25) is 0 Å². The van der Waals surface area contributed by atoms with E-state index in [1.54, 1.807) is 0 Å². The van der Waals surface area contributed by atoms with Gasteiger partial charge in [0, 0.05) is 11.3 Å². The van der Waals surface area contributed by atoms with Crippen LogP contribution in [0.2, 0.25) is 0 Å². The minimum atomic E-state index is -1.11. The van der Waals surface area contributed by atoms with E-state index >= 15 is 0 Å². The van der Waals surface area contributed by atoms with E-state index in [9.17, 15) is 4.79 Å². The average Bonchev–Trinajstić information content (AvgIpc) is 2.60. The van der Waals surface area contributed by atoms with E-state index in [1.807, 2.05) is 42.5 Å². The van der Waals surface area contributed by atoms with E-state index in [4.69, 9.17) is 20.3 Å². The van der Waals surface area contributed by atoms with Crippen LogP contribution >= 0.6 is 0 Å². The van der Waals surface area contributed by atoms with Gasteiger partial charge in [-0.25, -0.2) is 4.79 Å². The molecule has 0 aliphatic heterocycles. The number of carboxylic acid groups (broad SMARTS) is 1. The molecule has 0 aliphatic rings. The van der Waals surface area contributed by atoms with Crippen molar-refractivity contribution in [3.05, 3.63) is 53.8 Å². The van der Waals surface area contributed by atoms with Crippen LogP contribution in [0.3, 0.4) is 0 Å². The zero-order chi connectivity index (χ0) is 18.2. The van der Waals surface area contributed by atoms with Crippen molar-refractivity contribution in [1.29, 1.82) is 0 Å². The Labute approximate surface area is 147 Å². The second kappa shape index (κ2) is 8.78. The topological polar surface area (TPSA) is 81.8 Å². The van der Waals surface area contributed by atoms with Gasteiger partial charge >= 0.3 is 5.97 Å². The van der Waals surface area contributed by atoms with E-state index in [1.165, 1.54) is 13.2 Å². The Bertz CT molecular complexity index is 768. The lowest BCUT2D eigenvalue weighted by Crippen LogP contribution is -2.02. The first kappa shape index (κ1) is 18.4. The monoisotopic (exact) mass is 341 g/mol. The maximum absolute atomic E-state index is 11.1. The van der Waals surface area contributed by atoms with Crippen molar-refractivity contribution in [2.24, 2.45) is 0 Å². The molecule has 0 unspecified atom stereocenters. The van der Waals surface area contributed by atoms with Gasteiger partial charge in [0.15, 0.2) is 0 Å². The number of nitrogens with two attached hydrogens (primary N) is 1. The lowest BCUT2D eigenvalue weighted by Gasteiger charge is -2.13. The fourth-order valence-corrected chi connectivity index (χ4v) is 2.38. The van der Waals surface area contributed by atoms with Gasteiger partial charge in [-0.1, -0.05) is 37.6 Å². The summed E-state index contributed by atoms with van der Waals surface area (Å²) >= 11 is 0. The van der Waals surface area contributed by atoms with E-state index in [0.717, 1.165) is 24.0 Å². The van der Waals surface area contributed by atoms with Crippen LogP contribution in [-0.2, 0) is 9.53 Å². The molecule has 0 aliphatic carbocycles. The summed E-state index contributed by atoms with van der Waals surface area (Å²) in [7, 11) is 1.33. The number of methoxy groups -OCH3 is 1. The molecular weight excluding hydrogens is 318 g/mol. The number of ether oxygens (including phenoxy) is 2. The maximum Gasteiger partial charge on any atom is 0.371 e. The van der Waals surface area contributed by atoms with Gasteiger partial charge < -0.3 is 20.3 Å². The number of rotatable bonds is 8. The van der Waals surface area contributed by atoms with Crippen LogP contribution in [0.25, 0.3) is 17.2 Å². The predicted molar refractivity (Wildman–Crippen MR) is 99.3 cm³/mol. The van der Waals surface area contributed by atoms with Gasteiger partial charge in [-0.05, 0) is 41.8 Å². The van der Waals surface area contributed by atoms with Crippen LogP contribution in [0, 0.1) is 0 Å². The smallest absolute Gasteiger partial charge is 0.371 e. The number of hydrogen-bond acceptors (Lipinski definition) is 4. The Balaban J connectivity index is 2.44. The molecule has 25 heavy (non-hydrogen) atoms. The molecule has 132 valence electrons. The van der Waals surface area contributed by atoms with Gasteiger partial charge in [0.1, 0.15) is 5.75 Å². The fourth-order valence-electron chi connectivity index (χ4n) is 2.38. The molecule has 5 heteroatoms. The van der Waals surface area contributed by atoms with Crippen LogP contribution in [-0.4, -0.2) is 24.8 Å². The van der Waals surface area contributed by atoms with Crippen LogP contribution in [0.1, 0.15) is 25.3 Å². The number of unbranched alkanes of at least 4 members (excludes halogenated alkanes) is 1. The van der Waals surface area contributed by atoms with Crippen LogP contribution < -0.4 is 10.5 Å². The Kier molecular flexibility index (Phi) is 6.46. The Morgan fingerprint density at radius 2 is 2.04 bits per heavy atom. The molecule has 3 N–H and O–H groups in total. The highest BCUT2D eigenvalue weighted by molar-refractivity contribution is 5.90. The van der Waals surface area contributed by atoms with Crippen molar-refractivity contribution in [2.75, 3.05) is 19.5 Å². The summed E-state index contributed by atoms with van der Waals surface area (Å²) in [6.07, 6.45) is 3.44. The van der Waals surface area contributed by atoms with Gasteiger partial charge in [0.05, 0.1) is 13.7 Å². The van der Waals surface area contributed by atoms with Gasteiger partial charge in [-0.15, -0.1) is 0 Å². The van der Waals surface area contributed by atoms with Crippen molar-refractivity contribution < 1.29 is 19.4 Å². The molecule has 0 aromatic heterocycles. The fraction of sp³-hybridized carbons (Fsp3) is 0.250. The first-order valence-corrected chi connectivity index (χ1v) is 8.17.